The molecule has 5 aliphatic heterocycles. The van der Waals surface area contributed by atoms with Crippen molar-refractivity contribution in [1.82, 2.24) is 9.80 Å². The second-order valence-corrected chi connectivity index (χ2v) is 22.3. The number of benzene rings is 2. The summed E-state index contributed by atoms with van der Waals surface area (Å²) in [6, 6.07) is 10.9. The Morgan fingerprint density at radius 2 is 1.30 bits per heavy atom. The number of amides is 4. The van der Waals surface area contributed by atoms with Crippen LogP contribution in [0, 0.1) is 52.3 Å². The molecule has 2 aromatic carbocycles. The first kappa shape index (κ1) is 52.8. The molecule has 0 unspecified atom stereocenters. The van der Waals surface area contributed by atoms with Gasteiger partial charge in [-0.2, -0.15) is 0 Å². The van der Waals surface area contributed by atoms with Gasteiger partial charge in [0.2, 0.25) is 11.8 Å². The predicted molar refractivity (Wildman–Crippen MR) is 270 cm³/mol. The fourth-order valence-corrected chi connectivity index (χ4v) is 14.0. The summed E-state index contributed by atoms with van der Waals surface area (Å²) < 4.78 is 29.6. The van der Waals surface area contributed by atoms with Gasteiger partial charge in [-0.15, -0.1) is 0 Å². The minimum Gasteiger partial charge on any atom is -0.467 e. The molecule has 2 aromatic rings. The molecule has 4 aliphatic carbocycles. The maximum absolute atomic E-state index is 14.2. The molecule has 1 spiro atoms. The molecule has 0 radical (unpaired) electrons. The number of methoxy groups -OCH3 is 2. The van der Waals surface area contributed by atoms with Gasteiger partial charge >= 0.3 is 11.9 Å². The summed E-state index contributed by atoms with van der Waals surface area (Å²) in [5, 5.41) is 15.0. The molecule has 13 atom stereocenters. The molecule has 74 heavy (non-hydrogen) atoms. The van der Waals surface area contributed by atoms with Crippen molar-refractivity contribution in [3.05, 3.63) is 48.5 Å². The van der Waals surface area contributed by atoms with Crippen molar-refractivity contribution in [2.24, 2.45) is 62.6 Å². The lowest BCUT2D eigenvalue weighted by Crippen LogP contribution is -2.57. The van der Waals surface area contributed by atoms with Gasteiger partial charge in [0.15, 0.2) is 19.0 Å². The van der Waals surface area contributed by atoms with Gasteiger partial charge in [0, 0.05) is 29.6 Å². The summed E-state index contributed by atoms with van der Waals surface area (Å²) in [6.07, 6.45) is 7.42. The van der Waals surface area contributed by atoms with E-state index in [9.17, 15) is 28.8 Å². The predicted octanol–water partition coefficient (Wildman–Crippen LogP) is 6.95. The maximum atomic E-state index is 14.2. The number of fused-ring (bicyclic) bond motifs is 8. The van der Waals surface area contributed by atoms with Crippen LogP contribution in [-0.4, -0.2) is 128 Å². The van der Waals surface area contributed by atoms with E-state index in [2.05, 4.69) is 43.5 Å². The summed E-state index contributed by atoms with van der Waals surface area (Å²) in [6.45, 7) is 11.1. The third kappa shape index (κ3) is 10.2. The fraction of sp³-hybridized carbons (Fsp3) is 0.636. The molecule has 5 heterocycles. The molecule has 2 saturated heterocycles. The largest absolute Gasteiger partial charge is 0.467 e. The Balaban J connectivity index is 1.01. The first-order valence-corrected chi connectivity index (χ1v) is 26.3. The van der Waals surface area contributed by atoms with Gasteiger partial charge < -0.3 is 53.8 Å². The van der Waals surface area contributed by atoms with E-state index in [4.69, 9.17) is 38.5 Å². The fourth-order valence-electron chi connectivity index (χ4n) is 14.0. The Morgan fingerprint density at radius 3 is 1.84 bits per heavy atom. The SMILES string of the molecule is COC(=O)[C@H](C)N1CC(=O)Nc2ccc(cc2)Oc2ccc(cc2)NC(=O)CN([C@@H](C)C(=O)OC)C(=O)CO/N=C2\CC[C@@]3(C)[C@H](C/C(=N/OCC1=O)[C@@H]1[C@@H]3CC[C@]3(C)[C@@H]4[C@H](C[C@@H]13)O[C@]1(CC[C@@H](C)CO1)[C@H]4C)C2. The van der Waals surface area contributed by atoms with E-state index in [-0.39, 0.29) is 46.5 Å². The first-order chi connectivity index (χ1) is 35.4. The van der Waals surface area contributed by atoms with Crippen LogP contribution in [0.25, 0.3) is 0 Å². The van der Waals surface area contributed by atoms with Crippen molar-refractivity contribution in [1.29, 1.82) is 0 Å². The lowest BCUT2D eigenvalue weighted by Gasteiger charge is -2.60. The third-order valence-electron chi connectivity index (χ3n) is 18.1. The molecule has 400 valence electrons. The highest BCUT2D eigenvalue weighted by molar-refractivity contribution is 5.97. The summed E-state index contributed by atoms with van der Waals surface area (Å²) in [4.78, 5) is 94.7. The van der Waals surface area contributed by atoms with Crippen LogP contribution in [0.15, 0.2) is 58.8 Å². The van der Waals surface area contributed by atoms with E-state index in [1.165, 1.54) is 28.1 Å². The van der Waals surface area contributed by atoms with Crippen molar-refractivity contribution < 1.29 is 62.1 Å². The van der Waals surface area contributed by atoms with Gasteiger partial charge in [-0.05, 0) is 154 Å². The smallest absolute Gasteiger partial charge is 0.328 e. The lowest BCUT2D eigenvalue weighted by molar-refractivity contribution is -0.272. The minimum atomic E-state index is -1.12. The molecular weight excluding hydrogens is 953 g/mol. The highest BCUT2D eigenvalue weighted by atomic mass is 16.7. The van der Waals surface area contributed by atoms with Crippen LogP contribution >= 0.6 is 0 Å². The highest BCUT2D eigenvalue weighted by Gasteiger charge is 2.70. The van der Waals surface area contributed by atoms with E-state index in [1.54, 1.807) is 48.5 Å². The summed E-state index contributed by atoms with van der Waals surface area (Å²) >= 11 is 0. The number of esters is 2. The third-order valence-corrected chi connectivity index (χ3v) is 18.1. The standard InChI is InChI=1S/C55H72N6O13/c1-31-17-22-55(70-28-31)32(2)50-44(74-55)25-42-49-41(19-21-54(42,50)6)53(5)20-18-38-23-35(53)24-43(49)59-72-30-48(65)61(34(4)52(67)69-8)27-46(63)57-37-11-15-40(16-12-37)73-39-13-9-36(10-14-39)56-45(62)26-60(33(3)51(66)68-7)47(64)29-71-58-38/h9-16,31-35,41-42,44,49-50H,17-30H2,1-8H3,(H,56,62)(H,57,63)/b58-38+,59-43-/t31-,32+,33+,34+,35+,41+,42+,44+,49-,50+,53+,54+,55-/m1/s1. The van der Waals surface area contributed by atoms with Gasteiger partial charge in [0.1, 0.15) is 36.7 Å². The Labute approximate surface area is 432 Å². The molecule has 2 N–H and O–H groups in total. The van der Waals surface area contributed by atoms with E-state index in [0.717, 1.165) is 59.7 Å². The Morgan fingerprint density at radius 1 is 0.730 bits per heavy atom. The summed E-state index contributed by atoms with van der Waals surface area (Å²) in [7, 11) is 2.44. The Hall–Kier alpha value is -6.08. The highest BCUT2D eigenvalue weighted by Crippen LogP contribution is 2.71. The topological polar surface area (TPSA) is 222 Å². The number of carbonyl (C=O) groups excluding carboxylic acids is 6. The first-order valence-electron chi connectivity index (χ1n) is 26.3. The second-order valence-electron chi connectivity index (χ2n) is 22.3. The van der Waals surface area contributed by atoms with Crippen LogP contribution < -0.4 is 15.4 Å². The van der Waals surface area contributed by atoms with E-state index < -0.39 is 79.7 Å². The molecule has 9 aliphatic rings. The average molecular weight is 1030 g/mol. The number of carbonyl (C=O) groups is 6. The van der Waals surface area contributed by atoms with Crippen molar-refractivity contribution in [2.45, 2.75) is 123 Å². The van der Waals surface area contributed by atoms with Crippen molar-refractivity contribution >= 4 is 58.4 Å². The van der Waals surface area contributed by atoms with Crippen LogP contribution in [0.5, 0.6) is 11.5 Å². The second kappa shape index (κ2) is 21.3. The van der Waals surface area contributed by atoms with Gasteiger partial charge in [-0.1, -0.05) is 38.0 Å². The van der Waals surface area contributed by atoms with Crippen molar-refractivity contribution in [3.63, 3.8) is 0 Å². The van der Waals surface area contributed by atoms with E-state index >= 15 is 0 Å². The van der Waals surface area contributed by atoms with Gasteiger partial charge in [0.25, 0.3) is 11.8 Å². The zero-order valence-corrected chi connectivity index (χ0v) is 43.9. The van der Waals surface area contributed by atoms with Crippen molar-refractivity contribution in [3.8, 4) is 11.5 Å². The summed E-state index contributed by atoms with van der Waals surface area (Å²) in [5.41, 5.74) is 2.29. The average Bonchev–Trinajstić information content (AvgIpc) is 3.84. The number of hydrogen-bond donors (Lipinski definition) is 2. The van der Waals surface area contributed by atoms with Crippen LogP contribution in [0.1, 0.15) is 99.3 Å². The van der Waals surface area contributed by atoms with Gasteiger partial charge in [-0.3, -0.25) is 19.2 Å². The van der Waals surface area contributed by atoms with Gasteiger partial charge in [0.05, 0.1) is 38.4 Å². The normalized spacial score (nSPS) is 35.9. The molecule has 0 aromatic heterocycles. The number of nitrogens with zero attached hydrogens (tertiary/aromatic N) is 4. The monoisotopic (exact) mass is 1020 g/mol. The van der Waals surface area contributed by atoms with Crippen LogP contribution in [0.2, 0.25) is 0 Å². The van der Waals surface area contributed by atoms with Crippen molar-refractivity contribution in [2.75, 3.05) is 57.8 Å². The van der Waals surface area contributed by atoms with Crippen LogP contribution in [0.4, 0.5) is 11.4 Å². The minimum absolute atomic E-state index is 0.0305. The quantitative estimate of drug-likeness (QED) is 0.296. The van der Waals surface area contributed by atoms with E-state index in [1.807, 2.05) is 0 Å². The Kier molecular flexibility index (Phi) is 15.2. The molecular formula is C55H72N6O13. The number of oxime groups is 2. The lowest BCUT2D eigenvalue weighted by atomic mass is 9.44. The number of nitrogens with one attached hydrogen (secondary N) is 2. The molecule has 6 fully saturated rings. The molecule has 11 rings (SSSR count). The zero-order chi connectivity index (χ0) is 52.7. The number of ether oxygens (including phenoxy) is 5. The van der Waals surface area contributed by atoms with Gasteiger partial charge in [-0.25, -0.2) is 9.59 Å². The molecule has 19 nitrogen and oxygen atoms in total. The van der Waals surface area contributed by atoms with E-state index in [0.29, 0.717) is 60.6 Å². The number of rotatable bonds is 4. The molecule has 7 bridgehead atoms. The Bertz CT molecular complexity index is 2530. The van der Waals surface area contributed by atoms with Crippen LogP contribution in [0.3, 0.4) is 0 Å². The molecule has 4 saturated carbocycles. The summed E-state index contributed by atoms with van der Waals surface area (Å²) in [5.74, 6) is -1.90. The maximum Gasteiger partial charge on any atom is 0.328 e. The zero-order valence-electron chi connectivity index (χ0n) is 43.9. The molecule has 4 amide bonds. The number of anilines is 2. The van der Waals surface area contributed by atoms with Crippen LogP contribution in [-0.2, 0) is 57.4 Å². The number of hydrogen-bond acceptors (Lipinski definition) is 15. The molecule has 19 heteroatoms.